The number of benzene rings is 1. The lowest BCUT2D eigenvalue weighted by molar-refractivity contribution is -0.125. The summed E-state index contributed by atoms with van der Waals surface area (Å²) in [5.41, 5.74) is 0.390. The van der Waals surface area contributed by atoms with E-state index in [0.717, 1.165) is 30.6 Å². The lowest BCUT2D eigenvalue weighted by Gasteiger charge is -2.36. The number of ether oxygens (including phenoxy) is 2. The monoisotopic (exact) mass is 584 g/mol. The van der Waals surface area contributed by atoms with Gasteiger partial charge in [0.25, 0.3) is 11.8 Å². The molecule has 2 heterocycles. The van der Waals surface area contributed by atoms with Crippen molar-refractivity contribution in [2.75, 3.05) is 49.6 Å². The van der Waals surface area contributed by atoms with Crippen LogP contribution in [0.4, 0.5) is 20.2 Å². The van der Waals surface area contributed by atoms with Crippen molar-refractivity contribution in [3.8, 4) is 5.75 Å². The van der Waals surface area contributed by atoms with Gasteiger partial charge in [-0.05, 0) is 49.6 Å². The maximum atomic E-state index is 13.6. The number of morpholine rings is 1. The van der Waals surface area contributed by atoms with Crippen LogP contribution in [0.2, 0.25) is 4.34 Å². The molecule has 1 aliphatic carbocycles. The molecule has 2 N–H and O–H groups in total. The molecule has 0 bridgehead atoms. The van der Waals surface area contributed by atoms with Gasteiger partial charge in [-0.1, -0.05) is 24.9 Å². The summed E-state index contributed by atoms with van der Waals surface area (Å²) in [6.45, 7) is 0.487. The van der Waals surface area contributed by atoms with E-state index in [4.69, 9.17) is 21.1 Å². The second kappa shape index (κ2) is 13.5. The fourth-order valence-electron chi connectivity index (χ4n) is 4.57. The first-order valence-corrected chi connectivity index (χ1v) is 14.0. The van der Waals surface area contributed by atoms with Crippen molar-refractivity contribution in [1.29, 1.82) is 0 Å². The van der Waals surface area contributed by atoms with Crippen LogP contribution in [0.3, 0.4) is 0 Å². The molecule has 1 saturated carbocycles. The average Bonchev–Trinajstić information content (AvgIpc) is 3.32. The smallest absolute Gasteiger partial charge is 0.387 e. The van der Waals surface area contributed by atoms with Crippen LogP contribution >= 0.6 is 22.9 Å². The Bertz CT molecular complexity index is 1180. The molecule has 0 radical (unpaired) electrons. The van der Waals surface area contributed by atoms with Gasteiger partial charge in [0.15, 0.2) is 5.75 Å². The first-order valence-electron chi connectivity index (χ1n) is 12.8. The van der Waals surface area contributed by atoms with Crippen LogP contribution in [0.1, 0.15) is 35.9 Å². The molecule has 1 saturated heterocycles. The van der Waals surface area contributed by atoms with Crippen LogP contribution in [0.25, 0.3) is 0 Å². The zero-order valence-corrected chi connectivity index (χ0v) is 23.0. The first kappa shape index (κ1) is 29.2. The number of carbonyl (C=O) groups is 3. The van der Waals surface area contributed by atoms with Gasteiger partial charge >= 0.3 is 6.61 Å². The lowest BCUT2D eigenvalue weighted by atomic mass is 9.85. The van der Waals surface area contributed by atoms with Gasteiger partial charge in [0.05, 0.1) is 21.5 Å². The fourth-order valence-corrected chi connectivity index (χ4v) is 5.53. The average molecular weight is 585 g/mol. The van der Waals surface area contributed by atoms with Crippen LogP contribution in [-0.4, -0.2) is 74.7 Å². The van der Waals surface area contributed by atoms with Crippen molar-refractivity contribution in [1.82, 2.24) is 10.2 Å². The van der Waals surface area contributed by atoms with E-state index in [0.29, 0.717) is 40.5 Å². The Morgan fingerprint density at radius 1 is 1.28 bits per heavy atom. The van der Waals surface area contributed by atoms with Gasteiger partial charge < -0.3 is 25.0 Å². The van der Waals surface area contributed by atoms with Crippen molar-refractivity contribution in [3.63, 3.8) is 0 Å². The molecule has 2 aliphatic rings. The van der Waals surface area contributed by atoms with E-state index >= 15 is 0 Å². The minimum absolute atomic E-state index is 0.00610. The maximum Gasteiger partial charge on any atom is 0.387 e. The van der Waals surface area contributed by atoms with E-state index in [9.17, 15) is 23.2 Å². The van der Waals surface area contributed by atoms with Gasteiger partial charge in [-0.15, -0.1) is 11.3 Å². The number of halogens is 3. The molecule has 0 unspecified atom stereocenters. The number of thiophene rings is 1. The molecule has 4 rings (SSSR count). The molecule has 3 amide bonds. The number of hydrogen-bond donors (Lipinski definition) is 2. The fraction of sp³-hybridized carbons (Fsp3) is 0.500. The van der Waals surface area contributed by atoms with Crippen LogP contribution in [0.5, 0.6) is 5.75 Å². The van der Waals surface area contributed by atoms with Crippen molar-refractivity contribution in [2.24, 2.45) is 5.92 Å². The van der Waals surface area contributed by atoms with E-state index in [2.05, 4.69) is 10.6 Å². The predicted octanol–water partition coefficient (Wildman–Crippen LogP) is 4.23. The molecule has 1 aliphatic heterocycles. The molecule has 212 valence electrons. The summed E-state index contributed by atoms with van der Waals surface area (Å²) in [5.74, 6) is -0.956. The van der Waals surface area contributed by atoms with Crippen LogP contribution < -0.4 is 20.3 Å². The van der Waals surface area contributed by atoms with Crippen molar-refractivity contribution >= 4 is 52.0 Å². The van der Waals surface area contributed by atoms with Crippen molar-refractivity contribution in [3.05, 3.63) is 39.5 Å². The molecular weight excluding hydrogens is 554 g/mol. The summed E-state index contributed by atoms with van der Waals surface area (Å²) >= 11 is 7.09. The molecule has 13 heteroatoms. The molecule has 1 aromatic heterocycles. The third-order valence-electron chi connectivity index (χ3n) is 6.86. The summed E-state index contributed by atoms with van der Waals surface area (Å²) in [5, 5.41) is 5.52. The largest absolute Gasteiger partial charge is 0.433 e. The van der Waals surface area contributed by atoms with Gasteiger partial charge in [-0.25, -0.2) is 0 Å². The van der Waals surface area contributed by atoms with Gasteiger partial charge in [-0.2, -0.15) is 8.78 Å². The van der Waals surface area contributed by atoms with E-state index in [1.165, 1.54) is 17.0 Å². The number of hydrogen-bond acceptors (Lipinski definition) is 7. The first-order chi connectivity index (χ1) is 18.7. The van der Waals surface area contributed by atoms with E-state index in [-0.39, 0.29) is 42.9 Å². The lowest BCUT2D eigenvalue weighted by Crippen LogP contribution is -2.52. The highest BCUT2D eigenvalue weighted by Crippen LogP contribution is 2.33. The van der Waals surface area contributed by atoms with Gasteiger partial charge in [-0.3, -0.25) is 19.3 Å². The molecule has 9 nitrogen and oxygen atoms in total. The SMILES string of the molecule is CCN(CC1CCC1)[C@@H](CNC(=O)c1ccc(Cl)s1)C(=O)Nc1ccc(N2CCOCC2=O)cc1OC(F)F. The Hall–Kier alpha value is -2.80. The minimum atomic E-state index is -3.14. The number of alkyl halides is 2. The number of nitrogens with zero attached hydrogens (tertiary/aromatic N) is 2. The van der Waals surface area contributed by atoms with Crippen LogP contribution in [0, 0.1) is 5.92 Å². The molecule has 2 fully saturated rings. The van der Waals surface area contributed by atoms with Gasteiger partial charge in [0.2, 0.25) is 5.91 Å². The number of anilines is 2. The summed E-state index contributed by atoms with van der Waals surface area (Å²) in [7, 11) is 0. The molecule has 1 atom stereocenters. The number of carbonyl (C=O) groups excluding carboxylic acids is 3. The second-order valence-corrected chi connectivity index (χ2v) is 11.1. The standard InChI is InChI=1S/C26H31ClF2N4O5S/c1-2-32(14-16-4-3-5-16)19(13-30-25(36)21-8-9-22(27)39-21)24(35)31-18-7-6-17(12-20(18)38-26(28)29)33-10-11-37-15-23(33)34/h6-9,12,16,19,26H,2-5,10-11,13-15H2,1H3,(H,30,36)(H,31,35)/t19-/m0/s1. The topological polar surface area (TPSA) is 100 Å². The predicted molar refractivity (Wildman–Crippen MR) is 145 cm³/mol. The number of amides is 3. The maximum absolute atomic E-state index is 13.6. The van der Waals surface area contributed by atoms with Crippen molar-refractivity contribution in [2.45, 2.75) is 38.8 Å². The quantitative estimate of drug-likeness (QED) is 0.387. The Labute approximate surface area is 234 Å². The zero-order valence-electron chi connectivity index (χ0n) is 21.5. The third-order valence-corrected chi connectivity index (χ3v) is 8.09. The Morgan fingerprint density at radius 2 is 2.08 bits per heavy atom. The highest BCUT2D eigenvalue weighted by molar-refractivity contribution is 7.18. The Morgan fingerprint density at radius 3 is 2.69 bits per heavy atom. The molecule has 1 aromatic carbocycles. The summed E-state index contributed by atoms with van der Waals surface area (Å²) < 4.78 is 36.9. The number of nitrogens with one attached hydrogen (secondary N) is 2. The number of rotatable bonds is 12. The van der Waals surface area contributed by atoms with Crippen LogP contribution in [-0.2, 0) is 14.3 Å². The van der Waals surface area contributed by atoms with Gasteiger partial charge in [0.1, 0.15) is 12.6 Å². The van der Waals surface area contributed by atoms with Crippen molar-refractivity contribution < 1.29 is 32.6 Å². The summed E-state index contributed by atoms with van der Waals surface area (Å²) in [4.78, 5) is 42.3. The minimum Gasteiger partial charge on any atom is -0.433 e. The number of likely N-dealkylation sites (N-methyl/N-ethyl adjacent to an activating group) is 1. The highest BCUT2D eigenvalue weighted by Gasteiger charge is 2.31. The van der Waals surface area contributed by atoms with Crippen LogP contribution in [0.15, 0.2) is 30.3 Å². The normalized spacial score (nSPS) is 16.8. The summed E-state index contributed by atoms with van der Waals surface area (Å²) in [6, 6.07) is 6.75. The molecule has 0 spiro atoms. The third kappa shape index (κ3) is 7.65. The highest BCUT2D eigenvalue weighted by atomic mass is 35.5. The van der Waals surface area contributed by atoms with E-state index < -0.39 is 18.6 Å². The Balaban J connectivity index is 1.54. The zero-order chi connectivity index (χ0) is 27.9. The second-order valence-electron chi connectivity index (χ2n) is 9.36. The molecule has 39 heavy (non-hydrogen) atoms. The van der Waals surface area contributed by atoms with E-state index in [1.807, 2.05) is 11.8 Å². The Kier molecular flexibility index (Phi) is 10.1. The summed E-state index contributed by atoms with van der Waals surface area (Å²) in [6.07, 6.45) is 3.28. The molecular formula is C26H31ClF2N4O5S. The van der Waals surface area contributed by atoms with Gasteiger partial charge in [0, 0.05) is 31.4 Å². The molecule has 2 aromatic rings. The van der Waals surface area contributed by atoms with E-state index in [1.54, 1.807) is 18.2 Å².